The molecule has 4 aromatic heterocycles. The Balaban J connectivity index is 1.55. The Labute approximate surface area is 209 Å². The fraction of sp³-hybridized carbons (Fsp3) is 0.136. The molecule has 0 spiro atoms. The number of methoxy groups -OCH3 is 1. The summed E-state index contributed by atoms with van der Waals surface area (Å²) in [6.07, 6.45) is 8.41. The fourth-order valence-corrected chi connectivity index (χ4v) is 6.09. The summed E-state index contributed by atoms with van der Waals surface area (Å²) in [5.74, 6) is 0.0999. The van der Waals surface area contributed by atoms with Crippen molar-refractivity contribution in [2.75, 3.05) is 16.8 Å². The van der Waals surface area contributed by atoms with E-state index in [1.54, 1.807) is 35.6 Å². The van der Waals surface area contributed by atoms with Gasteiger partial charge in [-0.05, 0) is 43.3 Å². The number of hydrogen-bond acceptors (Lipinski definition) is 9. The van der Waals surface area contributed by atoms with Crippen LogP contribution in [0.15, 0.2) is 70.2 Å². The molecule has 35 heavy (non-hydrogen) atoms. The molecular formula is C22H19ClN6O4S2. The van der Waals surface area contributed by atoms with Crippen LogP contribution in [0.4, 0.5) is 11.4 Å². The minimum atomic E-state index is -3.91. The van der Waals surface area contributed by atoms with Crippen molar-refractivity contribution in [3.8, 4) is 17.0 Å². The Kier molecular flexibility index (Phi) is 5.97. The monoisotopic (exact) mass is 530 g/mol. The molecule has 0 fully saturated rings. The maximum Gasteiger partial charge on any atom is 0.283 e. The van der Waals surface area contributed by atoms with E-state index in [1.165, 1.54) is 36.0 Å². The van der Waals surface area contributed by atoms with Crippen LogP contribution in [0.3, 0.4) is 0 Å². The number of hydrazine groups is 1. The van der Waals surface area contributed by atoms with Crippen LogP contribution in [-0.4, -0.2) is 35.9 Å². The first-order valence-corrected chi connectivity index (χ1v) is 13.0. The van der Waals surface area contributed by atoms with Crippen molar-refractivity contribution < 1.29 is 13.2 Å². The highest BCUT2D eigenvalue weighted by Crippen LogP contribution is 2.32. The highest BCUT2D eigenvalue weighted by atomic mass is 35.5. The van der Waals surface area contributed by atoms with E-state index in [2.05, 4.69) is 20.1 Å². The van der Waals surface area contributed by atoms with Gasteiger partial charge in [0, 0.05) is 35.8 Å². The van der Waals surface area contributed by atoms with Crippen LogP contribution in [-0.2, 0) is 10.0 Å². The van der Waals surface area contributed by atoms with Crippen molar-refractivity contribution in [1.82, 2.24) is 19.8 Å². The lowest BCUT2D eigenvalue weighted by molar-refractivity contribution is 0.400. The van der Waals surface area contributed by atoms with Crippen molar-refractivity contribution in [3.63, 3.8) is 0 Å². The predicted octanol–water partition coefficient (Wildman–Crippen LogP) is 3.51. The molecule has 0 aromatic carbocycles. The summed E-state index contributed by atoms with van der Waals surface area (Å²) in [5, 5.41) is 1.64. The Bertz CT molecular complexity index is 1630. The van der Waals surface area contributed by atoms with Crippen LogP contribution >= 0.6 is 22.9 Å². The number of rotatable bonds is 6. The van der Waals surface area contributed by atoms with Crippen LogP contribution in [0, 0.1) is 0 Å². The predicted molar refractivity (Wildman–Crippen MR) is 136 cm³/mol. The number of halogens is 1. The molecule has 0 radical (unpaired) electrons. The van der Waals surface area contributed by atoms with Crippen molar-refractivity contribution in [3.05, 3.63) is 75.9 Å². The zero-order valence-electron chi connectivity index (χ0n) is 18.5. The van der Waals surface area contributed by atoms with Crippen LogP contribution in [0.25, 0.3) is 16.8 Å². The number of pyridine rings is 2. The van der Waals surface area contributed by atoms with Gasteiger partial charge in [-0.25, -0.2) is 23.8 Å². The summed E-state index contributed by atoms with van der Waals surface area (Å²) < 4.78 is 35.3. The topological polar surface area (TPSA) is 118 Å². The zero-order valence-corrected chi connectivity index (χ0v) is 20.9. The van der Waals surface area contributed by atoms with Gasteiger partial charge in [0.15, 0.2) is 0 Å². The molecule has 4 aromatic rings. The van der Waals surface area contributed by atoms with E-state index in [4.69, 9.17) is 16.3 Å². The molecule has 1 atom stereocenters. The molecule has 180 valence electrons. The molecule has 0 saturated carbocycles. The van der Waals surface area contributed by atoms with Gasteiger partial charge < -0.3 is 4.74 Å². The lowest BCUT2D eigenvalue weighted by atomic mass is 10.1. The van der Waals surface area contributed by atoms with Crippen molar-refractivity contribution in [2.24, 2.45) is 0 Å². The van der Waals surface area contributed by atoms with Crippen molar-refractivity contribution in [1.29, 1.82) is 0 Å². The molecule has 5 rings (SSSR count). The molecule has 0 bridgehead atoms. The lowest BCUT2D eigenvalue weighted by Crippen LogP contribution is -2.37. The number of sulfonamides is 1. The molecule has 2 N–H and O–H groups in total. The van der Waals surface area contributed by atoms with E-state index in [0.29, 0.717) is 26.8 Å². The SMILES string of the molecule is COc1ncc(-c2ccc3ncc(N4C=CC(C)N4)c(=O)n3c2)cc1NS(=O)(=O)c1ccc(Cl)s1. The molecule has 0 aliphatic carbocycles. The van der Waals surface area contributed by atoms with Gasteiger partial charge in [0.2, 0.25) is 5.88 Å². The second kappa shape index (κ2) is 8.96. The number of hydrogen-bond donors (Lipinski definition) is 2. The summed E-state index contributed by atoms with van der Waals surface area (Å²) in [6, 6.07) is 8.10. The first-order valence-electron chi connectivity index (χ1n) is 10.3. The van der Waals surface area contributed by atoms with Gasteiger partial charge in [-0.2, -0.15) is 0 Å². The summed E-state index contributed by atoms with van der Waals surface area (Å²) in [5.41, 5.74) is 5.07. The minimum absolute atomic E-state index is 0.0599. The third kappa shape index (κ3) is 4.48. The molecule has 13 heteroatoms. The Morgan fingerprint density at radius 3 is 2.69 bits per heavy atom. The maximum absolute atomic E-state index is 13.2. The van der Waals surface area contributed by atoms with E-state index >= 15 is 0 Å². The summed E-state index contributed by atoms with van der Waals surface area (Å²) >= 11 is 6.84. The number of ether oxygens (including phenoxy) is 1. The van der Waals surface area contributed by atoms with Crippen LogP contribution in [0.5, 0.6) is 5.88 Å². The molecule has 1 unspecified atom stereocenters. The fourth-order valence-electron chi connectivity index (χ4n) is 3.56. The van der Waals surface area contributed by atoms with Gasteiger partial charge in [-0.15, -0.1) is 11.3 Å². The summed E-state index contributed by atoms with van der Waals surface area (Å²) in [6.45, 7) is 1.97. The summed E-state index contributed by atoms with van der Waals surface area (Å²) in [7, 11) is -2.51. The average molecular weight is 531 g/mol. The molecule has 10 nitrogen and oxygen atoms in total. The lowest BCUT2D eigenvalue weighted by Gasteiger charge is -2.17. The van der Waals surface area contributed by atoms with Crippen molar-refractivity contribution in [2.45, 2.75) is 17.2 Å². The highest BCUT2D eigenvalue weighted by molar-refractivity contribution is 7.94. The molecule has 0 amide bonds. The van der Waals surface area contributed by atoms with Crippen LogP contribution in [0.2, 0.25) is 4.34 Å². The van der Waals surface area contributed by atoms with Gasteiger partial charge in [-0.3, -0.25) is 18.9 Å². The Hall–Kier alpha value is -3.45. The number of anilines is 2. The minimum Gasteiger partial charge on any atom is -0.480 e. The normalized spacial score (nSPS) is 15.6. The molecular weight excluding hydrogens is 512 g/mol. The van der Waals surface area contributed by atoms with E-state index in [9.17, 15) is 13.2 Å². The Morgan fingerprint density at radius 1 is 1.17 bits per heavy atom. The average Bonchev–Trinajstić information content (AvgIpc) is 3.47. The first kappa shape index (κ1) is 23.3. The van der Waals surface area contributed by atoms with Gasteiger partial charge in [0.05, 0.1) is 17.6 Å². The third-order valence-corrected chi connectivity index (χ3v) is 8.33. The van der Waals surface area contributed by atoms with E-state index in [-0.39, 0.29) is 27.4 Å². The highest BCUT2D eigenvalue weighted by Gasteiger charge is 2.21. The number of thiophene rings is 1. The van der Waals surface area contributed by atoms with Gasteiger partial charge in [0.1, 0.15) is 21.2 Å². The van der Waals surface area contributed by atoms with Gasteiger partial charge >= 0.3 is 0 Å². The zero-order chi connectivity index (χ0) is 24.7. The number of nitrogens with one attached hydrogen (secondary N) is 2. The standard InChI is InChI=1S/C22H19ClN6O4S2/c1-13-7-8-29(26-13)17-11-24-19-5-3-14(12-28(19)22(17)30)15-9-16(21(33-2)25-10-15)27-35(31,32)20-6-4-18(23)34-20/h3-13,26-27H,1-2H3. The number of aromatic nitrogens is 3. The first-order chi connectivity index (χ1) is 16.7. The number of nitrogens with zero attached hydrogens (tertiary/aromatic N) is 4. The molecule has 5 heterocycles. The van der Waals surface area contributed by atoms with Crippen molar-refractivity contribution >= 4 is 50.0 Å². The molecule has 1 aliphatic heterocycles. The van der Waals surface area contributed by atoms with E-state index < -0.39 is 10.0 Å². The van der Waals surface area contributed by atoms with Gasteiger partial charge in [0.25, 0.3) is 15.6 Å². The second-order valence-corrected chi connectivity index (χ2v) is 11.3. The third-order valence-electron chi connectivity index (χ3n) is 5.25. The van der Waals surface area contributed by atoms with Crippen LogP contribution < -0.4 is 25.5 Å². The Morgan fingerprint density at radius 2 is 2.00 bits per heavy atom. The largest absolute Gasteiger partial charge is 0.480 e. The van der Waals surface area contributed by atoms with E-state index in [0.717, 1.165) is 11.3 Å². The molecule has 0 saturated heterocycles. The van der Waals surface area contributed by atoms with E-state index in [1.807, 2.05) is 13.0 Å². The van der Waals surface area contributed by atoms with Crippen LogP contribution in [0.1, 0.15) is 6.92 Å². The second-order valence-electron chi connectivity index (χ2n) is 7.67. The van der Waals surface area contributed by atoms with Gasteiger partial charge in [-0.1, -0.05) is 11.6 Å². The smallest absolute Gasteiger partial charge is 0.283 e. The molecule has 1 aliphatic rings. The number of fused-ring (bicyclic) bond motifs is 1. The maximum atomic E-state index is 13.2. The quantitative estimate of drug-likeness (QED) is 0.389. The summed E-state index contributed by atoms with van der Waals surface area (Å²) in [4.78, 5) is 21.8.